The average molecular weight is 692 g/mol. The molecule has 48 heavy (non-hydrogen) atoms. The molecule has 8 nitrogen and oxygen atoms in total. The minimum Gasteiger partial charge on any atom is -0.349 e. The van der Waals surface area contributed by atoms with Crippen molar-refractivity contribution in [3.63, 3.8) is 0 Å². The van der Waals surface area contributed by atoms with Gasteiger partial charge in [0, 0.05) is 24.2 Å². The Labute approximate surface area is 287 Å². The number of piperidine rings is 1. The molecule has 11 heteroatoms. The Morgan fingerprint density at radius 1 is 0.979 bits per heavy atom. The molecule has 2 aliphatic heterocycles. The zero-order valence-corrected chi connectivity index (χ0v) is 29.0. The van der Waals surface area contributed by atoms with Gasteiger partial charge in [-0.25, -0.2) is 22.5 Å². The van der Waals surface area contributed by atoms with E-state index in [1.54, 1.807) is 0 Å². The zero-order valence-electron chi connectivity index (χ0n) is 27.5. The molecule has 4 aromatic rings. The van der Waals surface area contributed by atoms with Crippen molar-refractivity contribution < 1.29 is 17.6 Å². The van der Waals surface area contributed by atoms with Gasteiger partial charge in [-0.2, -0.15) is 0 Å². The highest BCUT2D eigenvalue weighted by atomic mass is 35.5. The third kappa shape index (κ3) is 6.17. The number of sulfonamides is 1. The second-order valence-corrected chi connectivity index (χ2v) is 16.1. The van der Waals surface area contributed by atoms with Crippen LogP contribution in [0.4, 0.5) is 4.39 Å². The van der Waals surface area contributed by atoms with E-state index in [9.17, 15) is 17.6 Å². The molecule has 1 aliphatic carbocycles. The van der Waals surface area contributed by atoms with Crippen molar-refractivity contribution >= 4 is 38.6 Å². The number of aryl methyl sites for hydroxylation is 1. The molecule has 1 aromatic heterocycles. The number of fused-ring (bicyclic) bond motifs is 3. The van der Waals surface area contributed by atoms with Gasteiger partial charge in [-0.1, -0.05) is 54.1 Å². The molecular formula is C37H43ClFN5O3S. The summed E-state index contributed by atoms with van der Waals surface area (Å²) in [4.78, 5) is 20.3. The van der Waals surface area contributed by atoms with Crippen LogP contribution in [0.25, 0.3) is 11.0 Å². The molecule has 1 saturated carbocycles. The van der Waals surface area contributed by atoms with Gasteiger partial charge in [0.15, 0.2) is 0 Å². The van der Waals surface area contributed by atoms with Crippen molar-refractivity contribution in [3.05, 3.63) is 94.5 Å². The quantitative estimate of drug-likeness (QED) is 0.199. The summed E-state index contributed by atoms with van der Waals surface area (Å²) >= 11 is 6.29. The van der Waals surface area contributed by atoms with Crippen LogP contribution in [0.5, 0.6) is 0 Å². The van der Waals surface area contributed by atoms with E-state index in [-0.39, 0.29) is 22.0 Å². The lowest BCUT2D eigenvalue weighted by Crippen LogP contribution is -2.47. The first-order valence-corrected chi connectivity index (χ1v) is 18.9. The van der Waals surface area contributed by atoms with Crippen molar-refractivity contribution in [1.82, 2.24) is 24.5 Å². The van der Waals surface area contributed by atoms with Gasteiger partial charge in [0.2, 0.25) is 10.0 Å². The molecule has 7 rings (SSSR count). The first kappa shape index (κ1) is 33.2. The van der Waals surface area contributed by atoms with Crippen LogP contribution in [0.3, 0.4) is 0 Å². The van der Waals surface area contributed by atoms with Gasteiger partial charge in [-0.3, -0.25) is 9.69 Å². The predicted molar refractivity (Wildman–Crippen MR) is 186 cm³/mol. The highest BCUT2D eigenvalue weighted by Gasteiger charge is 2.44. The summed E-state index contributed by atoms with van der Waals surface area (Å²) in [5.41, 5.74) is 3.61. The number of rotatable bonds is 9. The Bertz CT molecular complexity index is 1910. The maximum atomic E-state index is 14.7. The molecule has 3 aliphatic rings. The fourth-order valence-electron chi connectivity index (χ4n) is 8.86. The number of halogens is 2. The summed E-state index contributed by atoms with van der Waals surface area (Å²) in [6, 6.07) is 22.7. The Kier molecular flexibility index (Phi) is 9.12. The number of carbonyl (C=O) groups is 1. The third-order valence-corrected chi connectivity index (χ3v) is 13.1. The molecule has 2 N–H and O–H groups in total. The maximum absolute atomic E-state index is 14.7. The first-order chi connectivity index (χ1) is 23.1. The van der Waals surface area contributed by atoms with Gasteiger partial charge in [-0.05, 0) is 114 Å². The standard InChI is InChI=1S/C37H43ClFN5O3S/c1-24-41-33-10-6-7-11-34(33)44(24)29-20-27-12-13-28(21-29)43(27)19-18-37(25-8-4-3-5-9-25)16-14-26(15-17-37)42-36(45)30-22-32(39)35(23-31(30)38)48(46,47)40-2/h3-11,22-23,26-29,40H,12-21H2,1-2H3,(H,42,45)/t26?,27-,28+,29?,37?. The predicted octanol–water partition coefficient (Wildman–Crippen LogP) is 6.91. The summed E-state index contributed by atoms with van der Waals surface area (Å²) in [6.07, 6.45) is 9.26. The van der Waals surface area contributed by atoms with Crippen molar-refractivity contribution in [2.24, 2.45) is 0 Å². The largest absolute Gasteiger partial charge is 0.349 e. The number of hydrogen-bond donors (Lipinski definition) is 2. The van der Waals surface area contributed by atoms with Gasteiger partial charge in [0.25, 0.3) is 5.91 Å². The minimum atomic E-state index is -4.05. The third-order valence-electron chi connectivity index (χ3n) is 11.3. The van der Waals surface area contributed by atoms with Crippen LogP contribution in [-0.4, -0.2) is 60.5 Å². The van der Waals surface area contributed by atoms with Gasteiger partial charge >= 0.3 is 0 Å². The van der Waals surface area contributed by atoms with Gasteiger partial charge in [0.1, 0.15) is 16.5 Å². The molecule has 0 radical (unpaired) electrons. The van der Waals surface area contributed by atoms with Crippen LogP contribution in [-0.2, 0) is 15.4 Å². The molecule has 254 valence electrons. The van der Waals surface area contributed by atoms with Gasteiger partial charge < -0.3 is 9.88 Å². The highest BCUT2D eigenvalue weighted by molar-refractivity contribution is 7.89. The van der Waals surface area contributed by atoms with E-state index in [1.807, 2.05) is 0 Å². The van der Waals surface area contributed by atoms with Crippen LogP contribution >= 0.6 is 11.6 Å². The van der Waals surface area contributed by atoms with E-state index in [0.717, 1.165) is 75.0 Å². The molecule has 3 atom stereocenters. The number of hydrogen-bond acceptors (Lipinski definition) is 5. The smallest absolute Gasteiger partial charge is 0.253 e. The number of nitrogens with zero attached hydrogens (tertiary/aromatic N) is 3. The minimum absolute atomic E-state index is 0.00281. The number of nitrogens with one attached hydrogen (secondary N) is 2. The number of carbonyl (C=O) groups excluding carboxylic acids is 1. The Morgan fingerprint density at radius 2 is 1.65 bits per heavy atom. The molecule has 0 spiro atoms. The number of amides is 1. The molecule has 1 unspecified atom stereocenters. The van der Waals surface area contributed by atoms with E-state index in [2.05, 4.69) is 81.0 Å². The lowest BCUT2D eigenvalue weighted by atomic mass is 9.66. The van der Waals surface area contributed by atoms with E-state index >= 15 is 0 Å². The van der Waals surface area contributed by atoms with Crippen molar-refractivity contribution in [1.29, 1.82) is 0 Å². The van der Waals surface area contributed by atoms with E-state index in [0.29, 0.717) is 18.1 Å². The summed E-state index contributed by atoms with van der Waals surface area (Å²) in [5.74, 6) is -0.408. The highest BCUT2D eigenvalue weighted by Crippen LogP contribution is 2.46. The molecule has 3 heterocycles. The topological polar surface area (TPSA) is 96.3 Å². The lowest BCUT2D eigenvalue weighted by Gasteiger charge is -2.45. The number of imidazole rings is 1. The van der Waals surface area contributed by atoms with E-state index in [1.165, 1.54) is 31.0 Å². The Morgan fingerprint density at radius 3 is 2.33 bits per heavy atom. The number of para-hydroxylation sites is 2. The first-order valence-electron chi connectivity index (χ1n) is 17.1. The summed E-state index contributed by atoms with van der Waals surface area (Å²) in [5, 5.41) is 2.95. The molecule has 3 aromatic carbocycles. The van der Waals surface area contributed by atoms with Gasteiger partial charge in [-0.15, -0.1) is 0 Å². The van der Waals surface area contributed by atoms with Gasteiger partial charge in [0.05, 0.1) is 21.6 Å². The van der Waals surface area contributed by atoms with Crippen molar-refractivity contribution in [2.45, 2.75) is 99.2 Å². The second kappa shape index (κ2) is 13.2. The van der Waals surface area contributed by atoms with Crippen LogP contribution in [0, 0.1) is 12.7 Å². The Hall–Kier alpha value is -3.31. The number of benzene rings is 3. The second-order valence-electron chi connectivity index (χ2n) is 13.9. The Balaban J connectivity index is 1.03. The van der Waals surface area contributed by atoms with Crippen molar-refractivity contribution in [3.8, 4) is 0 Å². The van der Waals surface area contributed by atoms with Crippen LogP contribution < -0.4 is 10.0 Å². The zero-order chi connectivity index (χ0) is 33.6. The fraction of sp³-hybridized carbons (Fsp3) is 0.459. The van der Waals surface area contributed by atoms with E-state index < -0.39 is 26.6 Å². The van der Waals surface area contributed by atoms with Crippen LogP contribution in [0.15, 0.2) is 71.6 Å². The SMILES string of the molecule is CNS(=O)(=O)c1cc(Cl)c(C(=O)NC2CCC(CCN3[C@@H]4CC[C@H]3CC(n3c(C)nc5ccccc53)C4)(c3ccccc3)CC2)cc1F. The average Bonchev–Trinajstić information content (AvgIpc) is 3.55. The maximum Gasteiger partial charge on any atom is 0.253 e. The molecular weight excluding hydrogens is 649 g/mol. The molecule has 2 saturated heterocycles. The summed E-state index contributed by atoms with van der Waals surface area (Å²) in [6.45, 7) is 3.19. The van der Waals surface area contributed by atoms with E-state index in [4.69, 9.17) is 16.6 Å². The monoisotopic (exact) mass is 691 g/mol. The summed E-state index contributed by atoms with van der Waals surface area (Å²) in [7, 11) is -2.85. The fourth-order valence-corrected chi connectivity index (χ4v) is 9.98. The number of aromatic nitrogens is 2. The molecule has 1 amide bonds. The normalized spacial score (nSPS) is 26.2. The van der Waals surface area contributed by atoms with Crippen molar-refractivity contribution in [2.75, 3.05) is 13.6 Å². The summed E-state index contributed by atoms with van der Waals surface area (Å²) < 4.78 is 43.6. The molecule has 3 fully saturated rings. The molecule has 2 bridgehead atoms. The lowest BCUT2D eigenvalue weighted by molar-refractivity contribution is 0.0851. The van der Waals surface area contributed by atoms with Crippen LogP contribution in [0.2, 0.25) is 5.02 Å². The van der Waals surface area contributed by atoms with Crippen LogP contribution in [0.1, 0.15) is 85.6 Å².